The van der Waals surface area contributed by atoms with Gasteiger partial charge in [-0.2, -0.15) is 10.4 Å². The molecule has 1 fully saturated rings. The molecule has 1 aliphatic heterocycles. The molecule has 1 aromatic carbocycles. The normalized spacial score (nSPS) is 16.3. The van der Waals surface area contributed by atoms with Gasteiger partial charge in [-0.1, -0.05) is 12.1 Å². The standard InChI is InChI=1S/C19H17N7O2/c20-7-16-9-23-18(11-22-16)26-12-14(8-24-26)19(27)25-15-3-1-13(2-4-15)17-10-21-5-6-28-17/h1-4,8-9,11-12,17,21H,5-6,10H2,(H,25,27). The second kappa shape index (κ2) is 7.96. The number of carbonyl (C=O) groups excluding carboxylic acids is 1. The SMILES string of the molecule is N#Cc1cnc(-n2cc(C(=O)Nc3ccc(C4CNCCO4)cc3)cn2)cn1. The van der Waals surface area contributed by atoms with Crippen molar-refractivity contribution < 1.29 is 9.53 Å². The fourth-order valence-electron chi connectivity index (χ4n) is 2.83. The fourth-order valence-corrected chi connectivity index (χ4v) is 2.83. The molecule has 0 saturated carbocycles. The molecule has 9 heteroatoms. The molecular weight excluding hydrogens is 358 g/mol. The van der Waals surface area contributed by atoms with Crippen molar-refractivity contribution in [1.82, 2.24) is 25.1 Å². The number of hydrogen-bond acceptors (Lipinski definition) is 7. The van der Waals surface area contributed by atoms with Crippen LogP contribution in [0.1, 0.15) is 27.7 Å². The zero-order chi connectivity index (χ0) is 19.3. The van der Waals surface area contributed by atoms with E-state index in [1.165, 1.54) is 23.3 Å². The Labute approximate surface area is 161 Å². The van der Waals surface area contributed by atoms with Crippen LogP contribution < -0.4 is 10.6 Å². The van der Waals surface area contributed by atoms with E-state index in [9.17, 15) is 4.79 Å². The lowest BCUT2D eigenvalue weighted by Gasteiger charge is -2.24. The molecule has 4 rings (SSSR count). The lowest BCUT2D eigenvalue weighted by atomic mass is 10.1. The van der Waals surface area contributed by atoms with E-state index in [4.69, 9.17) is 10.00 Å². The van der Waals surface area contributed by atoms with Gasteiger partial charge in [-0.3, -0.25) is 4.79 Å². The number of hydrogen-bond donors (Lipinski definition) is 2. The summed E-state index contributed by atoms with van der Waals surface area (Å²) in [6, 6.07) is 9.50. The Balaban J connectivity index is 1.42. The number of nitriles is 1. The van der Waals surface area contributed by atoms with Crippen molar-refractivity contribution in [3.8, 4) is 11.9 Å². The predicted molar refractivity (Wildman–Crippen MR) is 99.8 cm³/mol. The first-order valence-electron chi connectivity index (χ1n) is 8.74. The largest absolute Gasteiger partial charge is 0.371 e. The summed E-state index contributed by atoms with van der Waals surface area (Å²) < 4.78 is 7.15. The molecule has 2 aromatic heterocycles. The van der Waals surface area contributed by atoms with Gasteiger partial charge in [0.2, 0.25) is 0 Å². The molecule has 2 N–H and O–H groups in total. The molecule has 1 saturated heterocycles. The number of rotatable bonds is 4. The third-order valence-corrected chi connectivity index (χ3v) is 4.30. The highest BCUT2D eigenvalue weighted by Crippen LogP contribution is 2.21. The van der Waals surface area contributed by atoms with Gasteiger partial charge in [-0.15, -0.1) is 0 Å². The van der Waals surface area contributed by atoms with Gasteiger partial charge in [-0.05, 0) is 17.7 Å². The van der Waals surface area contributed by atoms with Crippen molar-refractivity contribution in [3.05, 3.63) is 65.9 Å². The van der Waals surface area contributed by atoms with E-state index in [1.54, 1.807) is 6.20 Å². The van der Waals surface area contributed by atoms with E-state index < -0.39 is 0 Å². The molecule has 0 aliphatic carbocycles. The fraction of sp³-hybridized carbons (Fsp3) is 0.211. The average molecular weight is 375 g/mol. The highest BCUT2D eigenvalue weighted by molar-refractivity contribution is 6.03. The van der Waals surface area contributed by atoms with Crippen LogP contribution in [-0.4, -0.2) is 45.4 Å². The number of aromatic nitrogens is 4. The number of nitrogens with zero attached hydrogens (tertiary/aromatic N) is 5. The molecule has 140 valence electrons. The second-order valence-corrected chi connectivity index (χ2v) is 6.18. The maximum Gasteiger partial charge on any atom is 0.258 e. The predicted octanol–water partition coefficient (Wildman–Crippen LogP) is 1.45. The number of anilines is 1. The number of ether oxygens (including phenoxy) is 1. The Kier molecular flexibility index (Phi) is 5.05. The highest BCUT2D eigenvalue weighted by atomic mass is 16.5. The van der Waals surface area contributed by atoms with E-state index in [0.29, 0.717) is 23.7 Å². The smallest absolute Gasteiger partial charge is 0.258 e. The summed E-state index contributed by atoms with van der Waals surface area (Å²) in [7, 11) is 0. The molecule has 9 nitrogen and oxygen atoms in total. The van der Waals surface area contributed by atoms with E-state index in [2.05, 4.69) is 25.7 Å². The Morgan fingerprint density at radius 3 is 2.79 bits per heavy atom. The third-order valence-electron chi connectivity index (χ3n) is 4.30. The van der Waals surface area contributed by atoms with Crippen molar-refractivity contribution >= 4 is 11.6 Å². The lowest BCUT2D eigenvalue weighted by Crippen LogP contribution is -2.33. The minimum Gasteiger partial charge on any atom is -0.371 e. The summed E-state index contributed by atoms with van der Waals surface area (Å²) >= 11 is 0. The Morgan fingerprint density at radius 1 is 1.25 bits per heavy atom. The first-order chi connectivity index (χ1) is 13.7. The number of amides is 1. The molecule has 1 amide bonds. The van der Waals surface area contributed by atoms with Gasteiger partial charge in [0.1, 0.15) is 6.07 Å². The molecule has 1 unspecified atom stereocenters. The Morgan fingerprint density at radius 2 is 2.11 bits per heavy atom. The molecule has 28 heavy (non-hydrogen) atoms. The summed E-state index contributed by atoms with van der Waals surface area (Å²) in [5.41, 5.74) is 2.35. The van der Waals surface area contributed by atoms with Gasteiger partial charge >= 0.3 is 0 Å². The summed E-state index contributed by atoms with van der Waals surface area (Å²) in [6.07, 6.45) is 5.81. The van der Waals surface area contributed by atoms with Crippen LogP contribution in [-0.2, 0) is 4.74 Å². The molecule has 0 bridgehead atoms. The zero-order valence-electron chi connectivity index (χ0n) is 14.9. The van der Waals surface area contributed by atoms with Gasteiger partial charge in [0.15, 0.2) is 11.5 Å². The Hall–Kier alpha value is -3.61. The van der Waals surface area contributed by atoms with Crippen LogP contribution in [0.3, 0.4) is 0 Å². The van der Waals surface area contributed by atoms with Gasteiger partial charge in [-0.25, -0.2) is 14.6 Å². The third kappa shape index (κ3) is 3.88. The highest BCUT2D eigenvalue weighted by Gasteiger charge is 2.16. The quantitative estimate of drug-likeness (QED) is 0.708. The van der Waals surface area contributed by atoms with E-state index in [0.717, 1.165) is 18.7 Å². The maximum absolute atomic E-state index is 12.5. The van der Waals surface area contributed by atoms with Gasteiger partial charge in [0.25, 0.3) is 5.91 Å². The summed E-state index contributed by atoms with van der Waals surface area (Å²) in [5, 5.41) is 19.0. The molecule has 1 atom stereocenters. The average Bonchev–Trinajstić information content (AvgIpc) is 3.25. The van der Waals surface area contributed by atoms with Crippen molar-refractivity contribution in [3.63, 3.8) is 0 Å². The minimum absolute atomic E-state index is 0.0327. The number of benzene rings is 1. The molecule has 0 radical (unpaired) electrons. The second-order valence-electron chi connectivity index (χ2n) is 6.18. The van der Waals surface area contributed by atoms with Gasteiger partial charge < -0.3 is 15.4 Å². The van der Waals surface area contributed by atoms with Crippen molar-refractivity contribution in [1.29, 1.82) is 5.26 Å². The van der Waals surface area contributed by atoms with E-state index >= 15 is 0 Å². The summed E-state index contributed by atoms with van der Waals surface area (Å²) in [4.78, 5) is 20.5. The topological polar surface area (TPSA) is 118 Å². The monoisotopic (exact) mass is 375 g/mol. The van der Waals surface area contributed by atoms with Crippen molar-refractivity contribution in [2.24, 2.45) is 0 Å². The lowest BCUT2D eigenvalue weighted by molar-refractivity contribution is 0.0277. The first kappa shape index (κ1) is 17.8. The van der Waals surface area contributed by atoms with Gasteiger partial charge in [0.05, 0.1) is 36.9 Å². The van der Waals surface area contributed by atoms with Crippen LogP contribution in [0.4, 0.5) is 5.69 Å². The summed E-state index contributed by atoms with van der Waals surface area (Å²) in [6.45, 7) is 2.34. The van der Waals surface area contributed by atoms with Crippen LogP contribution in [0.25, 0.3) is 5.82 Å². The van der Waals surface area contributed by atoms with Crippen LogP contribution in [0, 0.1) is 11.3 Å². The van der Waals surface area contributed by atoms with Crippen LogP contribution in [0.5, 0.6) is 0 Å². The number of morpholine rings is 1. The van der Waals surface area contributed by atoms with Crippen LogP contribution in [0.15, 0.2) is 49.1 Å². The molecule has 3 heterocycles. The molecule has 1 aliphatic rings. The summed E-state index contributed by atoms with van der Waals surface area (Å²) in [5.74, 6) is 0.139. The Bertz CT molecular complexity index is 1000. The van der Waals surface area contributed by atoms with Crippen molar-refractivity contribution in [2.75, 3.05) is 25.0 Å². The first-order valence-corrected chi connectivity index (χ1v) is 8.74. The minimum atomic E-state index is -0.281. The number of carbonyl (C=O) groups is 1. The molecular formula is C19H17N7O2. The van der Waals surface area contributed by atoms with Gasteiger partial charge in [0, 0.05) is 25.0 Å². The van der Waals surface area contributed by atoms with Crippen LogP contribution >= 0.6 is 0 Å². The van der Waals surface area contributed by atoms with Crippen molar-refractivity contribution in [2.45, 2.75) is 6.10 Å². The van der Waals surface area contributed by atoms with E-state index in [-0.39, 0.29) is 17.7 Å². The number of nitrogens with one attached hydrogen (secondary N) is 2. The molecule has 0 spiro atoms. The van der Waals surface area contributed by atoms with Crippen LogP contribution in [0.2, 0.25) is 0 Å². The maximum atomic E-state index is 12.5. The molecule has 3 aromatic rings. The van der Waals surface area contributed by atoms with E-state index in [1.807, 2.05) is 30.3 Å². The zero-order valence-corrected chi connectivity index (χ0v) is 14.9.